The molecule has 0 saturated carbocycles. The molecule has 2 aromatic heterocycles. The number of carbonyl (C=O) groups excluding carboxylic acids is 1. The number of benzene rings is 1. The largest absolute Gasteiger partial charge is 0.471 e. The fourth-order valence-electron chi connectivity index (χ4n) is 3.82. The Morgan fingerprint density at radius 3 is 2.69 bits per heavy atom. The summed E-state index contributed by atoms with van der Waals surface area (Å²) in [7, 11) is 1.53. The summed E-state index contributed by atoms with van der Waals surface area (Å²) >= 11 is 0. The second kappa shape index (κ2) is 9.19. The number of hydrogen-bond acceptors (Lipinski definition) is 9. The van der Waals surface area contributed by atoms with Gasteiger partial charge in [-0.2, -0.15) is 4.98 Å². The van der Waals surface area contributed by atoms with Crippen LogP contribution in [0.15, 0.2) is 43.0 Å². The van der Waals surface area contributed by atoms with Crippen molar-refractivity contribution >= 4 is 17.6 Å². The summed E-state index contributed by atoms with van der Waals surface area (Å²) in [6.07, 6.45) is 0.662. The zero-order chi connectivity index (χ0) is 22.7. The van der Waals surface area contributed by atoms with Gasteiger partial charge < -0.3 is 23.7 Å². The third-order valence-electron chi connectivity index (χ3n) is 5.25. The van der Waals surface area contributed by atoms with Crippen molar-refractivity contribution in [1.29, 1.82) is 0 Å². The second-order valence-electron chi connectivity index (χ2n) is 7.91. The van der Waals surface area contributed by atoms with E-state index in [0.29, 0.717) is 30.1 Å². The van der Waals surface area contributed by atoms with Gasteiger partial charge in [-0.1, -0.05) is 30.3 Å². The van der Waals surface area contributed by atoms with Gasteiger partial charge in [0.2, 0.25) is 5.88 Å². The van der Waals surface area contributed by atoms with Crippen LogP contribution in [0.2, 0.25) is 0 Å². The molecule has 4 atom stereocenters. The molecule has 1 fully saturated rings. The minimum absolute atomic E-state index is 0.352. The molecular weight excluding hydrogens is 416 g/mol. The number of carbonyl (C=O) groups is 1. The van der Waals surface area contributed by atoms with E-state index < -0.39 is 30.3 Å². The molecule has 10 heteroatoms. The highest BCUT2D eigenvalue weighted by atomic mass is 16.8. The van der Waals surface area contributed by atoms with Crippen LogP contribution in [-0.2, 0) is 30.3 Å². The zero-order valence-electron chi connectivity index (χ0n) is 18.4. The van der Waals surface area contributed by atoms with E-state index in [2.05, 4.69) is 15.0 Å². The van der Waals surface area contributed by atoms with Crippen molar-refractivity contribution in [3.63, 3.8) is 0 Å². The van der Waals surface area contributed by atoms with Crippen LogP contribution >= 0.6 is 0 Å². The summed E-state index contributed by atoms with van der Waals surface area (Å²) in [5.74, 6) is -0.531. The van der Waals surface area contributed by atoms with Gasteiger partial charge in [0.1, 0.15) is 31.2 Å². The van der Waals surface area contributed by atoms with Gasteiger partial charge in [-0.05, 0) is 26.3 Å². The van der Waals surface area contributed by atoms with Crippen LogP contribution in [0.25, 0.3) is 11.2 Å². The van der Waals surface area contributed by atoms with Gasteiger partial charge in [0.15, 0.2) is 23.2 Å². The molecule has 0 aliphatic carbocycles. The van der Waals surface area contributed by atoms with E-state index in [4.69, 9.17) is 23.7 Å². The molecule has 1 saturated heterocycles. The van der Waals surface area contributed by atoms with Crippen molar-refractivity contribution in [1.82, 2.24) is 19.5 Å². The first-order chi connectivity index (χ1) is 15.4. The Labute approximate surface area is 185 Å². The van der Waals surface area contributed by atoms with Crippen LogP contribution in [-0.4, -0.2) is 57.2 Å². The maximum absolute atomic E-state index is 10.9. The Hall–Kier alpha value is -3.08. The fourth-order valence-corrected chi connectivity index (χ4v) is 3.82. The summed E-state index contributed by atoms with van der Waals surface area (Å²) in [5.41, 5.74) is 2.04. The molecule has 1 aromatic carbocycles. The van der Waals surface area contributed by atoms with Crippen molar-refractivity contribution in [2.75, 3.05) is 7.11 Å². The molecule has 0 radical (unpaired) electrons. The van der Waals surface area contributed by atoms with Crippen molar-refractivity contribution in [2.24, 2.45) is 0 Å². The third-order valence-corrected chi connectivity index (χ3v) is 5.25. The van der Waals surface area contributed by atoms with E-state index in [-0.39, 0.29) is 0 Å². The Balaban J connectivity index is 1.64. The van der Waals surface area contributed by atoms with Crippen molar-refractivity contribution in [2.45, 2.75) is 57.7 Å². The second-order valence-corrected chi connectivity index (χ2v) is 7.91. The van der Waals surface area contributed by atoms with Gasteiger partial charge in [-0.3, -0.25) is 9.36 Å². The number of nitrogens with zero attached hydrogens (tertiary/aromatic N) is 4. The fraction of sp³-hybridized carbons (Fsp3) is 0.455. The molecule has 3 aromatic rings. The Bertz CT molecular complexity index is 1060. The van der Waals surface area contributed by atoms with Crippen LogP contribution in [0.3, 0.4) is 0 Å². The molecule has 170 valence electrons. The maximum atomic E-state index is 10.9. The normalized spacial score (nSPS) is 21.9. The Morgan fingerprint density at radius 2 is 1.97 bits per heavy atom. The number of hydrogen-bond donors (Lipinski definition) is 0. The lowest BCUT2D eigenvalue weighted by Crippen LogP contribution is -2.43. The number of aromatic nitrogens is 4. The quantitative estimate of drug-likeness (QED) is 0.462. The van der Waals surface area contributed by atoms with Gasteiger partial charge >= 0.3 is 0 Å². The average Bonchev–Trinajstić information content (AvgIpc) is 3.34. The van der Waals surface area contributed by atoms with Crippen LogP contribution in [0.1, 0.15) is 32.6 Å². The predicted octanol–water partition coefficient (Wildman–Crippen LogP) is 2.63. The first kappa shape index (κ1) is 22.1. The van der Waals surface area contributed by atoms with E-state index in [0.717, 1.165) is 5.56 Å². The van der Waals surface area contributed by atoms with Crippen molar-refractivity contribution in [3.8, 4) is 5.88 Å². The lowest BCUT2D eigenvalue weighted by molar-refractivity contribution is -0.171. The molecule has 1 aliphatic rings. The highest BCUT2D eigenvalue weighted by Crippen LogP contribution is 2.39. The maximum Gasteiger partial charge on any atom is 0.293 e. The van der Waals surface area contributed by atoms with Crippen molar-refractivity contribution < 1.29 is 28.5 Å². The molecular formula is C22H26N4O6. The van der Waals surface area contributed by atoms with Gasteiger partial charge in [0.05, 0.1) is 6.33 Å². The molecule has 0 bridgehead atoms. The number of ether oxygens (including phenoxy) is 5. The van der Waals surface area contributed by atoms with E-state index >= 15 is 0 Å². The molecule has 1 aliphatic heterocycles. The van der Waals surface area contributed by atoms with E-state index in [1.54, 1.807) is 31.7 Å². The van der Waals surface area contributed by atoms with Gasteiger partial charge in [-0.25, -0.2) is 9.97 Å². The Kier molecular flexibility index (Phi) is 6.35. The summed E-state index contributed by atoms with van der Waals surface area (Å²) in [6, 6.07) is 9.79. The molecule has 0 spiro atoms. The van der Waals surface area contributed by atoms with Crippen LogP contribution in [0.5, 0.6) is 5.88 Å². The van der Waals surface area contributed by atoms with E-state index in [9.17, 15) is 4.79 Å². The lowest BCUT2D eigenvalue weighted by Gasteiger charge is -2.29. The SMILES string of the molecule is CO[C@H]([C@H]1OC(C)(C)O[C@H]1n1cnc2c(OCc3ccccc3)ncnc21)[C@H](C)OC=O. The predicted molar refractivity (Wildman–Crippen MR) is 113 cm³/mol. The molecule has 0 N–H and O–H groups in total. The first-order valence-electron chi connectivity index (χ1n) is 10.3. The highest BCUT2D eigenvalue weighted by molar-refractivity contribution is 5.76. The van der Waals surface area contributed by atoms with Crippen LogP contribution in [0, 0.1) is 0 Å². The van der Waals surface area contributed by atoms with E-state index in [1.807, 2.05) is 30.3 Å². The number of imidazole rings is 1. The Morgan fingerprint density at radius 1 is 1.19 bits per heavy atom. The van der Waals surface area contributed by atoms with Crippen LogP contribution in [0.4, 0.5) is 0 Å². The van der Waals surface area contributed by atoms with Crippen molar-refractivity contribution in [3.05, 3.63) is 48.5 Å². The summed E-state index contributed by atoms with van der Waals surface area (Å²) in [4.78, 5) is 24.0. The van der Waals surface area contributed by atoms with E-state index in [1.165, 1.54) is 13.4 Å². The molecule has 32 heavy (non-hydrogen) atoms. The lowest BCUT2D eigenvalue weighted by atomic mass is 10.1. The monoisotopic (exact) mass is 442 g/mol. The molecule has 0 amide bonds. The summed E-state index contributed by atoms with van der Waals surface area (Å²) < 4.78 is 30.7. The minimum Gasteiger partial charge on any atom is -0.471 e. The molecule has 3 heterocycles. The number of fused-ring (bicyclic) bond motifs is 1. The first-order valence-corrected chi connectivity index (χ1v) is 10.3. The number of methoxy groups -OCH3 is 1. The summed E-state index contributed by atoms with van der Waals surface area (Å²) in [6.45, 7) is 6.09. The third kappa shape index (κ3) is 4.43. The summed E-state index contributed by atoms with van der Waals surface area (Å²) in [5, 5.41) is 0. The van der Waals surface area contributed by atoms with Gasteiger partial charge in [0.25, 0.3) is 6.47 Å². The highest BCUT2D eigenvalue weighted by Gasteiger charge is 2.49. The van der Waals surface area contributed by atoms with Gasteiger partial charge in [0, 0.05) is 7.11 Å². The zero-order valence-corrected chi connectivity index (χ0v) is 18.4. The van der Waals surface area contributed by atoms with Crippen LogP contribution < -0.4 is 4.74 Å². The average molecular weight is 442 g/mol. The molecule has 4 rings (SSSR count). The standard InChI is InChI=1S/C22H26N4O6/c1-14(30-13-27)17(28-4)18-21(32-22(2,3)31-18)26-12-25-16-19(26)23-11-24-20(16)29-10-15-8-6-5-7-9-15/h5-9,11-14,17-18,21H,10H2,1-4H3/t14-,17-,18+,21+/m0/s1. The smallest absolute Gasteiger partial charge is 0.293 e. The molecule has 0 unspecified atom stereocenters. The number of rotatable bonds is 9. The van der Waals surface area contributed by atoms with Gasteiger partial charge in [-0.15, -0.1) is 0 Å². The minimum atomic E-state index is -0.900. The molecule has 10 nitrogen and oxygen atoms in total. The topological polar surface area (TPSA) is 107 Å².